The van der Waals surface area contributed by atoms with E-state index in [9.17, 15) is 43.5 Å². The standard InChI is InChI=1S/C87H152O16P2/c1-4-7-10-13-16-19-22-25-28-30-32-34-36-38-40-42-44-46-48-50-53-55-58-61-64-67-70-73-85(90)97-76-82(88)77-99-104(93,94)100-78-83(89)79-101-105(95,96)102-81-84(103-87(92)75-72-69-66-63-60-57-52-27-24-21-18-15-12-9-6-3)80-98-86(91)74-71-68-65-62-59-56-54-51-49-47-45-43-41-39-37-35-33-31-29-26-23-20-17-14-11-8-5-2/h7,10,16-17,19-20,25-29,32-35,38-41,52,82-84,88-89H,4-6,8-9,11-15,18,21-24,30-31,36-37,42-51,53-81H2,1-3H3,(H,93,94)(H,95,96)/b10-7-,19-16-,20-17-,28-25-,29-26-,34-32-,35-33-,40-38-,41-39-,52-27-. The molecule has 0 aromatic carbocycles. The number of aliphatic hydroxyl groups is 2. The average molecular weight is 1520 g/mol. The summed E-state index contributed by atoms with van der Waals surface area (Å²) in [6, 6.07) is 0. The molecule has 0 bridgehead atoms. The van der Waals surface area contributed by atoms with Gasteiger partial charge in [0.05, 0.1) is 26.4 Å². The summed E-state index contributed by atoms with van der Waals surface area (Å²) in [4.78, 5) is 58.8. The van der Waals surface area contributed by atoms with Gasteiger partial charge in [-0.1, -0.05) is 322 Å². The van der Waals surface area contributed by atoms with Crippen LogP contribution in [0.5, 0.6) is 0 Å². The molecule has 18 heteroatoms. The maximum absolute atomic E-state index is 13.0. The average Bonchev–Trinajstić information content (AvgIpc) is 0.942. The Labute approximate surface area is 640 Å². The van der Waals surface area contributed by atoms with Crippen LogP contribution in [-0.2, 0) is 55.8 Å². The van der Waals surface area contributed by atoms with E-state index in [2.05, 4.69) is 142 Å². The van der Waals surface area contributed by atoms with Crippen LogP contribution >= 0.6 is 15.6 Å². The minimum absolute atomic E-state index is 0.0939. The molecule has 5 atom stereocenters. The molecule has 16 nitrogen and oxygen atoms in total. The fourth-order valence-electron chi connectivity index (χ4n) is 11.3. The number of ether oxygens (including phenoxy) is 3. The number of allylic oxidation sites excluding steroid dienone is 20. The highest BCUT2D eigenvalue weighted by atomic mass is 31.2. The van der Waals surface area contributed by atoms with Crippen LogP contribution in [0.1, 0.15) is 355 Å². The first-order valence-corrected chi connectivity index (χ1v) is 44.8. The maximum atomic E-state index is 13.0. The van der Waals surface area contributed by atoms with Gasteiger partial charge >= 0.3 is 33.6 Å². The minimum atomic E-state index is -4.94. The van der Waals surface area contributed by atoms with E-state index in [4.69, 9.17) is 32.3 Å². The maximum Gasteiger partial charge on any atom is 0.472 e. The summed E-state index contributed by atoms with van der Waals surface area (Å²) in [5.41, 5.74) is 0. The molecular weight excluding hydrogens is 1360 g/mol. The largest absolute Gasteiger partial charge is 0.472 e. The van der Waals surface area contributed by atoms with Crippen LogP contribution in [0.4, 0.5) is 0 Å². The first-order chi connectivity index (χ1) is 51.2. The second-order valence-electron chi connectivity index (χ2n) is 27.9. The van der Waals surface area contributed by atoms with Crippen molar-refractivity contribution in [1.82, 2.24) is 0 Å². The van der Waals surface area contributed by atoms with Crippen molar-refractivity contribution >= 4 is 33.6 Å². The molecule has 5 unspecified atom stereocenters. The van der Waals surface area contributed by atoms with Gasteiger partial charge in [0, 0.05) is 19.3 Å². The predicted molar refractivity (Wildman–Crippen MR) is 436 cm³/mol. The van der Waals surface area contributed by atoms with Crippen molar-refractivity contribution in [1.29, 1.82) is 0 Å². The summed E-state index contributed by atoms with van der Waals surface area (Å²) >= 11 is 0. The van der Waals surface area contributed by atoms with Gasteiger partial charge in [0.25, 0.3) is 0 Å². The molecule has 0 radical (unpaired) electrons. The molecule has 0 saturated carbocycles. The van der Waals surface area contributed by atoms with E-state index in [0.717, 1.165) is 148 Å². The van der Waals surface area contributed by atoms with Gasteiger partial charge in [-0.3, -0.25) is 32.5 Å². The SMILES string of the molecule is CC/C=C\C/C=C\C/C=C\C/C=C\C/C=C\CCCCCCCCCCCCCC(=O)OCC(O)COP(=O)(O)OCC(O)COP(=O)(O)OCC(COC(=O)CCCCCCCCCCCCC/C=C\C/C=C\C/C=C\C/C=C\CCCCC)OC(=O)CCCCCCC/C=C\CCCCCCCC. The minimum Gasteiger partial charge on any atom is -0.463 e. The normalized spacial score (nSPS) is 14.5. The van der Waals surface area contributed by atoms with Crippen LogP contribution in [-0.4, -0.2) is 95.9 Å². The Morgan fingerprint density at radius 3 is 0.829 bits per heavy atom. The lowest BCUT2D eigenvalue weighted by Crippen LogP contribution is -2.30. The number of phosphoric acid groups is 2. The van der Waals surface area contributed by atoms with Crippen LogP contribution in [0.25, 0.3) is 0 Å². The van der Waals surface area contributed by atoms with Crippen LogP contribution in [0.15, 0.2) is 122 Å². The van der Waals surface area contributed by atoms with Crippen molar-refractivity contribution in [3.63, 3.8) is 0 Å². The fourth-order valence-corrected chi connectivity index (χ4v) is 12.9. The van der Waals surface area contributed by atoms with E-state index in [1.54, 1.807) is 0 Å². The van der Waals surface area contributed by atoms with Crippen molar-refractivity contribution in [3.8, 4) is 0 Å². The third-order valence-electron chi connectivity index (χ3n) is 17.6. The van der Waals surface area contributed by atoms with E-state index in [1.807, 2.05) is 0 Å². The van der Waals surface area contributed by atoms with Gasteiger partial charge in [-0.15, -0.1) is 0 Å². The van der Waals surface area contributed by atoms with Crippen molar-refractivity contribution in [2.45, 2.75) is 373 Å². The number of rotatable bonds is 79. The topological polar surface area (TPSA) is 231 Å². The highest BCUT2D eigenvalue weighted by Gasteiger charge is 2.29. The van der Waals surface area contributed by atoms with Crippen molar-refractivity contribution in [3.05, 3.63) is 122 Å². The number of hydrogen-bond acceptors (Lipinski definition) is 14. The lowest BCUT2D eigenvalue weighted by atomic mass is 10.0. The second kappa shape index (κ2) is 79.5. The molecule has 0 rings (SSSR count). The van der Waals surface area contributed by atoms with Crippen LogP contribution in [0.3, 0.4) is 0 Å². The van der Waals surface area contributed by atoms with E-state index >= 15 is 0 Å². The number of esters is 3. The Balaban J connectivity index is 4.55. The fraction of sp³-hybridized carbons (Fsp3) is 0.736. The van der Waals surface area contributed by atoms with Crippen molar-refractivity contribution in [2.24, 2.45) is 0 Å². The zero-order valence-corrected chi connectivity index (χ0v) is 68.2. The Hall–Kier alpha value is -4.05. The van der Waals surface area contributed by atoms with Crippen LogP contribution in [0.2, 0.25) is 0 Å². The summed E-state index contributed by atoms with van der Waals surface area (Å²) in [7, 11) is -9.80. The zero-order chi connectivity index (χ0) is 76.6. The van der Waals surface area contributed by atoms with Crippen molar-refractivity contribution in [2.75, 3.05) is 39.6 Å². The molecule has 0 amide bonds. The molecule has 606 valence electrons. The molecular formula is C87H152O16P2. The number of carbonyl (C=O) groups is 3. The molecule has 0 aliphatic heterocycles. The quantitative estimate of drug-likeness (QED) is 0.0146. The van der Waals surface area contributed by atoms with E-state index in [-0.39, 0.29) is 19.3 Å². The van der Waals surface area contributed by atoms with Crippen LogP contribution < -0.4 is 0 Å². The Morgan fingerprint density at radius 1 is 0.276 bits per heavy atom. The number of unbranched alkanes of at least 4 members (excludes halogenated alkanes) is 36. The second-order valence-corrected chi connectivity index (χ2v) is 30.8. The van der Waals surface area contributed by atoms with Crippen molar-refractivity contribution < 1.29 is 75.8 Å². The zero-order valence-electron chi connectivity index (χ0n) is 66.4. The summed E-state index contributed by atoms with van der Waals surface area (Å²) < 4.78 is 61.3. The first-order valence-electron chi connectivity index (χ1n) is 41.8. The monoisotopic (exact) mass is 1520 g/mol. The van der Waals surface area contributed by atoms with E-state index in [0.29, 0.717) is 19.3 Å². The Kier molecular flexibility index (Phi) is 76.4. The number of hydrogen-bond donors (Lipinski definition) is 4. The molecule has 0 fully saturated rings. The Morgan fingerprint density at radius 2 is 0.505 bits per heavy atom. The molecule has 0 aliphatic rings. The molecule has 0 aromatic heterocycles. The summed E-state index contributed by atoms with van der Waals surface area (Å²) in [5, 5.41) is 20.7. The van der Waals surface area contributed by atoms with Crippen LogP contribution in [0, 0.1) is 0 Å². The van der Waals surface area contributed by atoms with E-state index < -0.39 is 91.5 Å². The lowest BCUT2D eigenvalue weighted by molar-refractivity contribution is -0.161. The number of aliphatic hydroxyl groups excluding tert-OH is 2. The lowest BCUT2D eigenvalue weighted by Gasteiger charge is -2.21. The molecule has 4 N–H and O–H groups in total. The third-order valence-corrected chi connectivity index (χ3v) is 19.5. The molecule has 0 aromatic rings. The molecule has 0 aliphatic carbocycles. The highest BCUT2D eigenvalue weighted by molar-refractivity contribution is 7.47. The molecule has 0 saturated heterocycles. The summed E-state index contributed by atoms with van der Waals surface area (Å²) in [6.07, 6.45) is 95.3. The van der Waals surface area contributed by atoms with Gasteiger partial charge in [-0.05, 0) is 135 Å². The van der Waals surface area contributed by atoms with Gasteiger partial charge in [-0.25, -0.2) is 9.13 Å². The van der Waals surface area contributed by atoms with Gasteiger partial charge in [0.2, 0.25) is 0 Å². The van der Waals surface area contributed by atoms with Gasteiger partial charge < -0.3 is 34.2 Å². The molecule has 105 heavy (non-hydrogen) atoms. The Bertz CT molecular complexity index is 2390. The first kappa shape index (κ1) is 101. The summed E-state index contributed by atoms with van der Waals surface area (Å²) in [6.45, 7) is 2.56. The highest BCUT2D eigenvalue weighted by Crippen LogP contribution is 2.45. The molecule has 0 heterocycles. The van der Waals surface area contributed by atoms with Gasteiger partial charge in [-0.2, -0.15) is 0 Å². The van der Waals surface area contributed by atoms with Gasteiger partial charge in [0.1, 0.15) is 25.4 Å². The smallest absolute Gasteiger partial charge is 0.463 e. The van der Waals surface area contributed by atoms with E-state index in [1.165, 1.54) is 148 Å². The number of phosphoric ester groups is 2. The van der Waals surface area contributed by atoms with Gasteiger partial charge in [0.15, 0.2) is 6.10 Å². The molecule has 0 spiro atoms. The predicted octanol–water partition coefficient (Wildman–Crippen LogP) is 24.9. The third kappa shape index (κ3) is 80.8. The number of carbonyl (C=O) groups excluding carboxylic acids is 3. The summed E-state index contributed by atoms with van der Waals surface area (Å²) in [5.74, 6) is -1.58.